The van der Waals surface area contributed by atoms with E-state index in [9.17, 15) is 0 Å². The first kappa shape index (κ1) is 26.4. The van der Waals surface area contributed by atoms with E-state index in [2.05, 4.69) is 145 Å². The summed E-state index contributed by atoms with van der Waals surface area (Å²) in [5, 5.41) is 17.2. The van der Waals surface area contributed by atoms with Gasteiger partial charge in [0.1, 0.15) is 5.54 Å². The van der Waals surface area contributed by atoms with Crippen molar-refractivity contribution in [2.24, 2.45) is 0 Å². The van der Waals surface area contributed by atoms with E-state index in [1.165, 1.54) is 5.56 Å². The van der Waals surface area contributed by atoms with E-state index in [1.54, 1.807) is 0 Å². The van der Waals surface area contributed by atoms with Crippen molar-refractivity contribution in [1.29, 1.82) is 0 Å². The van der Waals surface area contributed by atoms with Crippen LogP contribution in [0.4, 0.5) is 0 Å². The Bertz CT molecular complexity index is 1600. The van der Waals surface area contributed by atoms with Gasteiger partial charge in [-0.05, 0) is 43.8 Å². The van der Waals surface area contributed by atoms with E-state index < -0.39 is 5.54 Å². The molecule has 5 aromatic carbocycles. The zero-order chi connectivity index (χ0) is 28.1. The van der Waals surface area contributed by atoms with Crippen molar-refractivity contribution in [3.05, 3.63) is 162 Å². The van der Waals surface area contributed by atoms with Gasteiger partial charge in [-0.2, -0.15) is 0 Å². The second-order valence-corrected chi connectivity index (χ2v) is 10.5. The lowest BCUT2D eigenvalue weighted by Crippen LogP contribution is -2.39. The molecule has 5 nitrogen and oxygen atoms in total. The van der Waals surface area contributed by atoms with Crippen molar-refractivity contribution in [2.45, 2.75) is 32.0 Å². The highest BCUT2D eigenvalue weighted by Gasteiger charge is 2.42. The zero-order valence-electron chi connectivity index (χ0n) is 23.4. The maximum absolute atomic E-state index is 4.73. The van der Waals surface area contributed by atoms with Crippen LogP contribution < -0.4 is 5.32 Å². The average Bonchev–Trinajstić information content (AvgIpc) is 3.52. The highest BCUT2D eigenvalue weighted by molar-refractivity contribution is 5.81. The molecular weight excluding hydrogens is 502 g/mol. The van der Waals surface area contributed by atoms with Crippen LogP contribution in [0.25, 0.3) is 22.5 Å². The fourth-order valence-electron chi connectivity index (χ4n) is 5.54. The van der Waals surface area contributed by atoms with E-state index in [1.807, 2.05) is 28.9 Å². The Hall–Kier alpha value is -4.87. The molecule has 0 amide bonds. The molecule has 1 aromatic heterocycles. The molecule has 0 spiro atoms. The van der Waals surface area contributed by atoms with Gasteiger partial charge in [-0.1, -0.05) is 153 Å². The van der Waals surface area contributed by atoms with Crippen LogP contribution in [0.5, 0.6) is 0 Å². The Morgan fingerprint density at radius 3 is 1.61 bits per heavy atom. The molecule has 0 aliphatic carbocycles. The fraction of sp³-hybridized carbons (Fsp3) is 0.139. The van der Waals surface area contributed by atoms with E-state index in [-0.39, 0.29) is 0 Å². The van der Waals surface area contributed by atoms with Gasteiger partial charge in [0.25, 0.3) is 0 Å². The zero-order valence-corrected chi connectivity index (χ0v) is 23.4. The molecule has 0 unspecified atom stereocenters. The van der Waals surface area contributed by atoms with E-state index in [0.29, 0.717) is 11.9 Å². The Kier molecular flexibility index (Phi) is 7.52. The summed E-state index contributed by atoms with van der Waals surface area (Å²) in [5.74, 6) is 0.697. The minimum Gasteiger partial charge on any atom is -0.310 e. The van der Waals surface area contributed by atoms with Gasteiger partial charge in [-0.3, -0.25) is 0 Å². The maximum Gasteiger partial charge on any atom is 0.184 e. The number of hydrogen-bond acceptors (Lipinski definition) is 4. The Morgan fingerprint density at radius 2 is 1.10 bits per heavy atom. The summed E-state index contributed by atoms with van der Waals surface area (Å²) in [7, 11) is 0. The van der Waals surface area contributed by atoms with E-state index in [4.69, 9.17) is 5.21 Å². The maximum atomic E-state index is 4.73. The Morgan fingerprint density at radius 1 is 0.610 bits per heavy atom. The van der Waals surface area contributed by atoms with Crippen LogP contribution in [0.15, 0.2) is 140 Å². The van der Waals surface area contributed by atoms with Crippen molar-refractivity contribution in [2.75, 3.05) is 0 Å². The summed E-state index contributed by atoms with van der Waals surface area (Å²) >= 11 is 0. The summed E-state index contributed by atoms with van der Waals surface area (Å²) in [6.45, 7) is 5.16. The van der Waals surface area contributed by atoms with Gasteiger partial charge in [-0.25, -0.2) is 4.68 Å². The third kappa shape index (κ3) is 5.08. The van der Waals surface area contributed by atoms with Crippen LogP contribution in [0, 0.1) is 0 Å². The molecule has 6 rings (SSSR count). The molecular formula is C36H33N5. The van der Waals surface area contributed by atoms with Crippen LogP contribution in [0.1, 0.15) is 36.1 Å². The van der Waals surface area contributed by atoms with Crippen molar-refractivity contribution in [3.8, 4) is 22.5 Å². The van der Waals surface area contributed by atoms with Crippen molar-refractivity contribution in [1.82, 2.24) is 25.5 Å². The van der Waals surface area contributed by atoms with Gasteiger partial charge in [0, 0.05) is 18.2 Å². The molecule has 41 heavy (non-hydrogen) atoms. The van der Waals surface area contributed by atoms with E-state index >= 15 is 0 Å². The summed E-state index contributed by atoms with van der Waals surface area (Å²) in [5.41, 5.74) is 6.84. The number of tetrazole rings is 1. The van der Waals surface area contributed by atoms with Crippen molar-refractivity contribution >= 4 is 0 Å². The van der Waals surface area contributed by atoms with Crippen LogP contribution >= 0.6 is 0 Å². The molecule has 0 saturated carbocycles. The first-order valence-electron chi connectivity index (χ1n) is 14.1. The lowest BCUT2D eigenvalue weighted by Gasteiger charge is -2.36. The number of aromatic nitrogens is 4. The minimum atomic E-state index is -0.803. The molecule has 0 bridgehead atoms. The standard InChI is InChI=1S/C36H33N5/c1-27(2)37-26-28-22-24-29(25-23-28)33-20-12-13-21-34(33)35-38-39-40-41(35)36(30-14-6-3-7-15-30,31-16-8-4-9-17-31)32-18-10-5-11-19-32/h3-25,27,37H,26H2,1-2H3. The Balaban J connectivity index is 1.57. The predicted molar refractivity (Wildman–Crippen MR) is 165 cm³/mol. The number of nitrogens with one attached hydrogen (secondary N) is 1. The van der Waals surface area contributed by atoms with Crippen LogP contribution in [-0.2, 0) is 12.1 Å². The van der Waals surface area contributed by atoms with Gasteiger partial charge in [0.15, 0.2) is 5.82 Å². The van der Waals surface area contributed by atoms with Gasteiger partial charge in [0.05, 0.1) is 0 Å². The molecule has 0 radical (unpaired) electrons. The second-order valence-electron chi connectivity index (χ2n) is 10.5. The third-order valence-corrected chi connectivity index (χ3v) is 7.51. The summed E-state index contributed by atoms with van der Waals surface area (Å²) < 4.78 is 1.99. The molecule has 202 valence electrons. The fourth-order valence-corrected chi connectivity index (χ4v) is 5.54. The minimum absolute atomic E-state index is 0.438. The monoisotopic (exact) mass is 535 g/mol. The molecule has 0 fully saturated rings. The lowest BCUT2D eigenvalue weighted by atomic mass is 9.77. The molecule has 6 aromatic rings. The second kappa shape index (κ2) is 11.7. The smallest absolute Gasteiger partial charge is 0.184 e. The van der Waals surface area contributed by atoms with Gasteiger partial charge >= 0.3 is 0 Å². The molecule has 1 heterocycles. The predicted octanol–water partition coefficient (Wildman–Crippen LogP) is 7.35. The van der Waals surface area contributed by atoms with Gasteiger partial charge < -0.3 is 5.32 Å². The van der Waals surface area contributed by atoms with Crippen LogP contribution in [0.3, 0.4) is 0 Å². The molecule has 5 heteroatoms. The number of rotatable bonds is 9. The molecule has 0 aliphatic rings. The Labute approximate surface area is 241 Å². The SMILES string of the molecule is CC(C)NCc1ccc(-c2ccccc2-c2nnnn2C(c2ccccc2)(c2ccccc2)c2ccccc2)cc1. The van der Waals surface area contributed by atoms with Gasteiger partial charge in [-0.15, -0.1) is 5.10 Å². The van der Waals surface area contributed by atoms with Gasteiger partial charge in [0.2, 0.25) is 0 Å². The summed E-state index contributed by atoms with van der Waals surface area (Å²) in [6.07, 6.45) is 0. The number of benzene rings is 5. The molecule has 0 aliphatic heterocycles. The first-order chi connectivity index (χ1) is 20.2. The summed E-state index contributed by atoms with van der Waals surface area (Å²) in [4.78, 5) is 0. The highest BCUT2D eigenvalue weighted by atomic mass is 15.6. The lowest BCUT2D eigenvalue weighted by molar-refractivity contribution is 0.451. The van der Waals surface area contributed by atoms with Crippen molar-refractivity contribution < 1.29 is 0 Å². The largest absolute Gasteiger partial charge is 0.310 e. The topological polar surface area (TPSA) is 55.6 Å². The first-order valence-corrected chi connectivity index (χ1v) is 14.1. The quantitative estimate of drug-likeness (QED) is 0.197. The molecule has 1 N–H and O–H groups in total. The van der Waals surface area contributed by atoms with E-state index in [0.717, 1.165) is 39.9 Å². The number of hydrogen-bond donors (Lipinski definition) is 1. The average molecular weight is 536 g/mol. The third-order valence-electron chi connectivity index (χ3n) is 7.51. The number of nitrogens with zero attached hydrogens (tertiary/aromatic N) is 4. The van der Waals surface area contributed by atoms with Crippen LogP contribution in [0.2, 0.25) is 0 Å². The molecule has 0 atom stereocenters. The normalized spacial score (nSPS) is 11.6. The summed E-state index contributed by atoms with van der Waals surface area (Å²) in [6, 6.07) is 49.0. The molecule has 0 saturated heterocycles. The highest BCUT2D eigenvalue weighted by Crippen LogP contribution is 2.43. The van der Waals surface area contributed by atoms with Crippen LogP contribution in [-0.4, -0.2) is 26.2 Å². The van der Waals surface area contributed by atoms with Crippen molar-refractivity contribution in [3.63, 3.8) is 0 Å².